The van der Waals surface area contributed by atoms with Crippen LogP contribution in [0.5, 0.6) is 0 Å². The Balaban J connectivity index is 3.24. The highest BCUT2D eigenvalue weighted by Gasteiger charge is 2.30. The van der Waals surface area contributed by atoms with Gasteiger partial charge in [-0.25, -0.2) is 0 Å². The number of carboxylic acids is 1. The molecule has 1 aromatic rings. The van der Waals surface area contributed by atoms with Crippen LogP contribution in [-0.2, 0) is 4.79 Å². The number of nitro groups is 1. The van der Waals surface area contributed by atoms with Gasteiger partial charge >= 0.3 is 5.97 Å². The zero-order chi connectivity index (χ0) is 16.4. The van der Waals surface area contributed by atoms with E-state index in [9.17, 15) is 19.7 Å². The minimum Gasteiger partial charge on any atom is -0.480 e. The Hall–Kier alpha value is -1.96. The van der Waals surface area contributed by atoms with Gasteiger partial charge in [0.1, 0.15) is 6.54 Å². The lowest BCUT2D eigenvalue weighted by atomic mass is 10.0. The average Bonchev–Trinajstić information content (AvgIpc) is 2.33. The topological polar surface area (TPSA) is 101 Å². The lowest BCUT2D eigenvalue weighted by Gasteiger charge is -2.34. The number of amides is 1. The van der Waals surface area contributed by atoms with Crippen molar-refractivity contribution >= 4 is 33.5 Å². The number of carbonyl (C=O) groups is 2. The summed E-state index contributed by atoms with van der Waals surface area (Å²) in [4.78, 5) is 34.8. The first-order valence-corrected chi connectivity index (χ1v) is 6.81. The van der Waals surface area contributed by atoms with E-state index in [1.54, 1.807) is 20.8 Å². The van der Waals surface area contributed by atoms with Crippen LogP contribution in [0.25, 0.3) is 0 Å². The predicted octanol–water partition coefficient (Wildman–Crippen LogP) is 2.68. The van der Waals surface area contributed by atoms with Crippen molar-refractivity contribution in [3.8, 4) is 0 Å². The van der Waals surface area contributed by atoms with Gasteiger partial charge in [-0.05, 0) is 48.8 Å². The second-order valence-electron chi connectivity index (χ2n) is 5.38. The van der Waals surface area contributed by atoms with Crippen LogP contribution in [0, 0.1) is 10.1 Å². The molecule has 0 spiro atoms. The van der Waals surface area contributed by atoms with Gasteiger partial charge in [0.05, 0.1) is 9.40 Å². The molecule has 21 heavy (non-hydrogen) atoms. The molecular formula is C13H15BrN2O5. The van der Waals surface area contributed by atoms with Crippen molar-refractivity contribution in [1.82, 2.24) is 4.90 Å². The first-order valence-electron chi connectivity index (χ1n) is 6.01. The smallest absolute Gasteiger partial charge is 0.323 e. The molecule has 0 aromatic heterocycles. The fourth-order valence-corrected chi connectivity index (χ4v) is 2.08. The van der Waals surface area contributed by atoms with E-state index >= 15 is 0 Å². The summed E-state index contributed by atoms with van der Waals surface area (Å²) in [5.41, 5.74) is -0.900. The van der Waals surface area contributed by atoms with E-state index in [-0.39, 0.29) is 15.7 Å². The van der Waals surface area contributed by atoms with Gasteiger partial charge in [0.25, 0.3) is 11.6 Å². The second-order valence-corrected chi connectivity index (χ2v) is 6.23. The molecule has 0 fully saturated rings. The quantitative estimate of drug-likeness (QED) is 0.658. The molecule has 0 saturated carbocycles. The van der Waals surface area contributed by atoms with E-state index in [4.69, 9.17) is 5.11 Å². The molecule has 0 aliphatic carbocycles. The van der Waals surface area contributed by atoms with Crippen molar-refractivity contribution in [2.75, 3.05) is 6.54 Å². The normalized spacial score (nSPS) is 11.0. The van der Waals surface area contributed by atoms with Crippen LogP contribution >= 0.6 is 15.9 Å². The number of benzene rings is 1. The van der Waals surface area contributed by atoms with Crippen LogP contribution in [0.1, 0.15) is 31.1 Å². The largest absolute Gasteiger partial charge is 0.480 e. The number of nitrogens with zero attached hydrogens (tertiary/aromatic N) is 2. The summed E-state index contributed by atoms with van der Waals surface area (Å²) >= 11 is 3.04. The van der Waals surface area contributed by atoms with Gasteiger partial charge in [-0.15, -0.1) is 0 Å². The fourth-order valence-electron chi connectivity index (χ4n) is 1.69. The van der Waals surface area contributed by atoms with E-state index in [0.717, 1.165) is 11.0 Å². The maximum absolute atomic E-state index is 12.4. The van der Waals surface area contributed by atoms with Crippen molar-refractivity contribution in [2.45, 2.75) is 26.3 Å². The molecule has 114 valence electrons. The molecule has 7 nitrogen and oxygen atoms in total. The number of rotatable bonds is 4. The number of carbonyl (C=O) groups excluding carboxylic acids is 1. The fraction of sp³-hybridized carbons (Fsp3) is 0.385. The van der Waals surface area contributed by atoms with E-state index in [1.165, 1.54) is 12.1 Å². The van der Waals surface area contributed by atoms with Crippen molar-refractivity contribution in [3.05, 3.63) is 38.3 Å². The van der Waals surface area contributed by atoms with Crippen LogP contribution < -0.4 is 0 Å². The second kappa shape index (κ2) is 6.21. The zero-order valence-electron chi connectivity index (χ0n) is 11.8. The van der Waals surface area contributed by atoms with Gasteiger partial charge in [-0.2, -0.15) is 0 Å². The van der Waals surface area contributed by atoms with Crippen LogP contribution in [-0.4, -0.2) is 38.9 Å². The summed E-state index contributed by atoms with van der Waals surface area (Å²) in [6.45, 7) is 4.61. The van der Waals surface area contributed by atoms with Crippen molar-refractivity contribution in [3.63, 3.8) is 0 Å². The molecule has 0 bridgehead atoms. The van der Waals surface area contributed by atoms with Gasteiger partial charge in [0.2, 0.25) is 0 Å². The maximum Gasteiger partial charge on any atom is 0.323 e. The first-order chi connectivity index (χ1) is 9.54. The van der Waals surface area contributed by atoms with Crippen molar-refractivity contribution in [1.29, 1.82) is 0 Å². The van der Waals surface area contributed by atoms with Crippen LogP contribution in [0.4, 0.5) is 5.69 Å². The van der Waals surface area contributed by atoms with E-state index in [1.807, 2.05) is 0 Å². The van der Waals surface area contributed by atoms with Gasteiger partial charge in [-0.1, -0.05) is 0 Å². The Labute approximate surface area is 129 Å². The van der Waals surface area contributed by atoms with Crippen molar-refractivity contribution in [2.24, 2.45) is 0 Å². The molecular weight excluding hydrogens is 344 g/mol. The van der Waals surface area contributed by atoms with Crippen molar-refractivity contribution < 1.29 is 19.6 Å². The SMILES string of the molecule is CC(C)(C)N(CC(=O)O)C(=O)c1ccc(Br)c([N+](=O)[O-])c1. The monoisotopic (exact) mass is 358 g/mol. The minimum atomic E-state index is -1.15. The standard InChI is InChI=1S/C13H15BrN2O5/c1-13(2,3)15(7-11(17)18)12(19)8-4-5-9(14)10(6-8)16(20)21/h4-6H,7H2,1-3H3,(H,17,18). The minimum absolute atomic E-state index is 0.0704. The Kier molecular flexibility index (Phi) is 5.06. The number of hydrogen-bond acceptors (Lipinski definition) is 4. The molecule has 1 rings (SSSR count). The third-order valence-corrected chi connectivity index (χ3v) is 3.41. The molecule has 1 amide bonds. The number of halogens is 1. The van der Waals surface area contributed by atoms with Crippen LogP contribution in [0.3, 0.4) is 0 Å². The summed E-state index contributed by atoms with van der Waals surface area (Å²) in [6.07, 6.45) is 0. The van der Waals surface area contributed by atoms with Crippen LogP contribution in [0.2, 0.25) is 0 Å². The Morgan fingerprint density at radius 3 is 2.38 bits per heavy atom. The Morgan fingerprint density at radius 1 is 1.38 bits per heavy atom. The summed E-state index contributed by atoms with van der Waals surface area (Å²) < 4.78 is 0.254. The molecule has 1 aromatic carbocycles. The van der Waals surface area contributed by atoms with Gasteiger partial charge in [0, 0.05) is 17.2 Å². The highest BCUT2D eigenvalue weighted by Crippen LogP contribution is 2.27. The molecule has 1 N–H and O–H groups in total. The Morgan fingerprint density at radius 2 is 1.95 bits per heavy atom. The Bertz CT molecular complexity index is 595. The van der Waals surface area contributed by atoms with Gasteiger partial charge in [0.15, 0.2) is 0 Å². The van der Waals surface area contributed by atoms with Gasteiger partial charge in [-0.3, -0.25) is 19.7 Å². The summed E-state index contributed by atoms with van der Waals surface area (Å²) in [5, 5.41) is 19.8. The molecule has 0 atom stereocenters. The third kappa shape index (κ3) is 4.25. The van der Waals surface area contributed by atoms with E-state index < -0.39 is 28.9 Å². The molecule has 0 radical (unpaired) electrons. The lowest BCUT2D eigenvalue weighted by Crippen LogP contribution is -2.48. The maximum atomic E-state index is 12.4. The molecule has 0 unspecified atom stereocenters. The number of aliphatic carboxylic acids is 1. The molecule has 8 heteroatoms. The van der Waals surface area contributed by atoms with E-state index in [2.05, 4.69) is 15.9 Å². The summed E-state index contributed by atoms with van der Waals surface area (Å²) in [6, 6.07) is 3.94. The predicted molar refractivity (Wildman–Crippen MR) is 79.2 cm³/mol. The molecule has 0 aliphatic rings. The zero-order valence-corrected chi connectivity index (χ0v) is 13.4. The number of nitro benzene ring substituents is 1. The number of carboxylic acid groups (broad SMARTS) is 1. The average molecular weight is 359 g/mol. The molecule has 0 aliphatic heterocycles. The highest BCUT2D eigenvalue weighted by atomic mass is 79.9. The summed E-state index contributed by atoms with van der Waals surface area (Å²) in [5.74, 6) is -1.72. The van der Waals surface area contributed by atoms with E-state index in [0.29, 0.717) is 0 Å². The van der Waals surface area contributed by atoms with Crippen LogP contribution in [0.15, 0.2) is 22.7 Å². The lowest BCUT2D eigenvalue weighted by molar-refractivity contribution is -0.385. The van der Waals surface area contributed by atoms with Gasteiger partial charge < -0.3 is 10.0 Å². The summed E-state index contributed by atoms with van der Waals surface area (Å²) in [7, 11) is 0. The number of hydrogen-bond donors (Lipinski definition) is 1. The first kappa shape index (κ1) is 17.1. The highest BCUT2D eigenvalue weighted by molar-refractivity contribution is 9.10. The molecule has 0 heterocycles. The molecule has 0 saturated heterocycles. The third-order valence-electron chi connectivity index (χ3n) is 2.74.